The van der Waals surface area contributed by atoms with Crippen molar-refractivity contribution in [3.63, 3.8) is 0 Å². The fourth-order valence-corrected chi connectivity index (χ4v) is 2.19. The maximum absolute atomic E-state index is 12.2. The van der Waals surface area contributed by atoms with Crippen LogP contribution in [0.3, 0.4) is 0 Å². The Labute approximate surface area is 129 Å². The number of nitrogens with one attached hydrogen (secondary N) is 2. The van der Waals surface area contributed by atoms with Crippen molar-refractivity contribution in [3.8, 4) is 0 Å². The van der Waals surface area contributed by atoms with Crippen LogP contribution in [0.25, 0.3) is 0 Å². The Morgan fingerprint density at radius 2 is 1.95 bits per heavy atom. The second-order valence-electron chi connectivity index (χ2n) is 4.52. The average Bonchev–Trinajstić information content (AvgIpc) is 2.54. The first kappa shape index (κ1) is 15.4. The molecule has 0 fully saturated rings. The van der Waals surface area contributed by atoms with E-state index in [4.69, 9.17) is 0 Å². The summed E-state index contributed by atoms with van der Waals surface area (Å²) < 4.78 is 0. The third-order valence-electron chi connectivity index (χ3n) is 2.89. The topological polar surface area (TPSA) is 54.0 Å². The molecule has 110 valence electrons. The second-order valence-corrected chi connectivity index (χ2v) is 5.40. The molecule has 1 amide bonds. The summed E-state index contributed by atoms with van der Waals surface area (Å²) in [6.45, 7) is 2.93. The highest BCUT2D eigenvalue weighted by Crippen LogP contribution is 2.18. The van der Waals surface area contributed by atoms with E-state index in [-0.39, 0.29) is 5.91 Å². The Morgan fingerprint density at radius 1 is 1.19 bits per heavy atom. The number of hydrogen-bond acceptors (Lipinski definition) is 4. The summed E-state index contributed by atoms with van der Waals surface area (Å²) in [5, 5.41) is 6.03. The predicted molar refractivity (Wildman–Crippen MR) is 89.2 cm³/mol. The molecule has 0 saturated heterocycles. The van der Waals surface area contributed by atoms with Crippen LogP contribution in [-0.4, -0.2) is 23.7 Å². The quantitative estimate of drug-likeness (QED) is 0.795. The van der Waals surface area contributed by atoms with Gasteiger partial charge in [-0.2, -0.15) is 0 Å². The van der Waals surface area contributed by atoms with Crippen LogP contribution in [0.4, 0.5) is 11.5 Å². The molecular formula is C16H19N3OS. The molecule has 0 unspecified atom stereocenters. The zero-order chi connectivity index (χ0) is 15.1. The first-order valence-corrected chi connectivity index (χ1v) is 8.11. The number of nitrogens with zero attached hydrogens (tertiary/aromatic N) is 1. The van der Waals surface area contributed by atoms with Gasteiger partial charge >= 0.3 is 0 Å². The molecule has 5 heteroatoms. The summed E-state index contributed by atoms with van der Waals surface area (Å²) in [4.78, 5) is 17.7. The maximum Gasteiger partial charge on any atom is 0.274 e. The van der Waals surface area contributed by atoms with Crippen molar-refractivity contribution >= 4 is 29.2 Å². The van der Waals surface area contributed by atoms with Crippen LogP contribution in [0.1, 0.15) is 23.8 Å². The normalized spacial score (nSPS) is 10.2. The lowest BCUT2D eigenvalue weighted by Crippen LogP contribution is -2.14. The molecule has 1 aromatic carbocycles. The zero-order valence-electron chi connectivity index (χ0n) is 12.2. The molecular weight excluding hydrogens is 282 g/mol. The third kappa shape index (κ3) is 4.49. The van der Waals surface area contributed by atoms with Crippen molar-refractivity contribution in [2.45, 2.75) is 18.2 Å². The third-order valence-corrected chi connectivity index (χ3v) is 3.63. The Kier molecular flexibility index (Phi) is 5.63. The van der Waals surface area contributed by atoms with E-state index in [2.05, 4.69) is 22.5 Å². The lowest BCUT2D eigenvalue weighted by Gasteiger charge is -2.08. The van der Waals surface area contributed by atoms with E-state index in [0.717, 1.165) is 29.4 Å². The van der Waals surface area contributed by atoms with E-state index in [0.29, 0.717) is 5.69 Å². The fourth-order valence-electron chi connectivity index (χ4n) is 1.78. The predicted octanol–water partition coefficient (Wildman–Crippen LogP) is 3.88. The number of amides is 1. The number of hydrogen-bond donors (Lipinski definition) is 2. The minimum Gasteiger partial charge on any atom is -0.370 e. The molecule has 4 nitrogen and oxygen atoms in total. The van der Waals surface area contributed by atoms with Gasteiger partial charge in [0, 0.05) is 17.1 Å². The first-order valence-electron chi connectivity index (χ1n) is 6.89. The molecule has 0 aliphatic rings. The van der Waals surface area contributed by atoms with Crippen LogP contribution in [0.15, 0.2) is 47.4 Å². The SMILES string of the molecule is CCCNc1cccc(C(=O)Nc2ccc(SC)cc2)n1. The molecule has 1 heterocycles. The standard InChI is InChI=1S/C16H19N3OS/c1-3-11-17-15-6-4-5-14(19-15)16(20)18-12-7-9-13(21-2)10-8-12/h4-10H,3,11H2,1-2H3,(H,17,19)(H,18,20). The number of carbonyl (C=O) groups excluding carboxylic acids is 1. The van der Waals surface area contributed by atoms with Gasteiger partial charge < -0.3 is 10.6 Å². The van der Waals surface area contributed by atoms with E-state index in [1.54, 1.807) is 17.8 Å². The molecule has 0 radical (unpaired) electrons. The molecule has 2 rings (SSSR count). The second kappa shape index (κ2) is 7.69. The van der Waals surface area contributed by atoms with Crippen molar-refractivity contribution in [1.29, 1.82) is 0 Å². The van der Waals surface area contributed by atoms with Gasteiger partial charge in [-0.05, 0) is 49.1 Å². The maximum atomic E-state index is 12.2. The van der Waals surface area contributed by atoms with E-state index in [1.165, 1.54) is 0 Å². The number of aromatic nitrogens is 1. The number of carbonyl (C=O) groups is 1. The molecule has 1 aromatic heterocycles. The molecule has 0 aliphatic carbocycles. The molecule has 2 N–H and O–H groups in total. The van der Waals surface area contributed by atoms with Crippen LogP contribution >= 0.6 is 11.8 Å². The van der Waals surface area contributed by atoms with Gasteiger partial charge in [0.15, 0.2) is 0 Å². The monoisotopic (exact) mass is 301 g/mol. The summed E-state index contributed by atoms with van der Waals surface area (Å²) >= 11 is 1.67. The van der Waals surface area contributed by atoms with E-state index in [1.807, 2.05) is 42.7 Å². The lowest BCUT2D eigenvalue weighted by molar-refractivity contribution is 0.102. The van der Waals surface area contributed by atoms with E-state index in [9.17, 15) is 4.79 Å². The van der Waals surface area contributed by atoms with Gasteiger partial charge in [0.05, 0.1) is 0 Å². The van der Waals surface area contributed by atoms with Gasteiger partial charge in [-0.25, -0.2) is 4.98 Å². The van der Waals surface area contributed by atoms with Crippen LogP contribution in [0, 0.1) is 0 Å². The van der Waals surface area contributed by atoms with Crippen molar-refractivity contribution < 1.29 is 4.79 Å². The highest BCUT2D eigenvalue weighted by molar-refractivity contribution is 7.98. The molecule has 0 atom stereocenters. The highest BCUT2D eigenvalue weighted by atomic mass is 32.2. The molecule has 2 aromatic rings. The van der Waals surface area contributed by atoms with Crippen molar-refractivity contribution in [2.75, 3.05) is 23.4 Å². The number of pyridine rings is 1. The van der Waals surface area contributed by atoms with Crippen molar-refractivity contribution in [1.82, 2.24) is 4.98 Å². The average molecular weight is 301 g/mol. The molecule has 0 spiro atoms. The Bertz CT molecular complexity index is 599. The Morgan fingerprint density at radius 3 is 2.62 bits per heavy atom. The summed E-state index contributed by atoms with van der Waals surface area (Å²) in [6.07, 6.45) is 3.03. The largest absolute Gasteiger partial charge is 0.370 e. The van der Waals surface area contributed by atoms with Gasteiger partial charge in [-0.15, -0.1) is 11.8 Å². The number of anilines is 2. The van der Waals surface area contributed by atoms with Gasteiger partial charge in [0.25, 0.3) is 5.91 Å². The van der Waals surface area contributed by atoms with Crippen LogP contribution < -0.4 is 10.6 Å². The number of rotatable bonds is 6. The molecule has 0 bridgehead atoms. The highest BCUT2D eigenvalue weighted by Gasteiger charge is 2.08. The van der Waals surface area contributed by atoms with Gasteiger partial charge in [0.2, 0.25) is 0 Å². The van der Waals surface area contributed by atoms with Gasteiger partial charge in [0.1, 0.15) is 11.5 Å². The Hall–Kier alpha value is -2.01. The molecule has 0 saturated carbocycles. The van der Waals surface area contributed by atoms with Gasteiger partial charge in [-0.3, -0.25) is 4.79 Å². The first-order chi connectivity index (χ1) is 10.2. The van der Waals surface area contributed by atoms with E-state index >= 15 is 0 Å². The van der Waals surface area contributed by atoms with Crippen molar-refractivity contribution in [3.05, 3.63) is 48.2 Å². The molecule has 21 heavy (non-hydrogen) atoms. The van der Waals surface area contributed by atoms with Gasteiger partial charge in [-0.1, -0.05) is 13.0 Å². The minimum absolute atomic E-state index is 0.202. The molecule has 0 aliphatic heterocycles. The number of thioether (sulfide) groups is 1. The number of benzene rings is 1. The minimum atomic E-state index is -0.202. The smallest absolute Gasteiger partial charge is 0.274 e. The summed E-state index contributed by atoms with van der Waals surface area (Å²) in [6, 6.07) is 13.1. The summed E-state index contributed by atoms with van der Waals surface area (Å²) in [5.41, 5.74) is 1.18. The van der Waals surface area contributed by atoms with E-state index < -0.39 is 0 Å². The van der Waals surface area contributed by atoms with Crippen LogP contribution in [-0.2, 0) is 0 Å². The van der Waals surface area contributed by atoms with Crippen LogP contribution in [0.5, 0.6) is 0 Å². The summed E-state index contributed by atoms with van der Waals surface area (Å²) in [5.74, 6) is 0.522. The fraction of sp³-hybridized carbons (Fsp3) is 0.250. The summed E-state index contributed by atoms with van der Waals surface area (Å²) in [7, 11) is 0. The van der Waals surface area contributed by atoms with Crippen LogP contribution in [0.2, 0.25) is 0 Å². The lowest BCUT2D eigenvalue weighted by atomic mass is 10.3. The Balaban J connectivity index is 2.05. The van der Waals surface area contributed by atoms with Crippen molar-refractivity contribution in [2.24, 2.45) is 0 Å². The zero-order valence-corrected chi connectivity index (χ0v) is 13.0.